The molecule has 0 saturated heterocycles. The van der Waals surface area contributed by atoms with E-state index < -0.39 is 0 Å². The van der Waals surface area contributed by atoms with Crippen LogP contribution in [0.5, 0.6) is 0 Å². The molecule has 140 valence electrons. The van der Waals surface area contributed by atoms with Crippen LogP contribution in [0.15, 0.2) is 0 Å². The summed E-state index contributed by atoms with van der Waals surface area (Å²) in [5, 5.41) is 0. The summed E-state index contributed by atoms with van der Waals surface area (Å²) in [4.78, 5) is 29.5. The lowest BCUT2D eigenvalue weighted by Gasteiger charge is -1.89. The third-order valence-corrected chi connectivity index (χ3v) is 1.45. The Morgan fingerprint density at radius 1 is 0.522 bits per heavy atom. The predicted molar refractivity (Wildman–Crippen MR) is 89.1 cm³/mol. The average molecular weight is 338 g/mol. The number of ether oxygens (including phenoxy) is 4. The van der Waals surface area contributed by atoms with Crippen molar-refractivity contribution in [2.45, 2.75) is 55.4 Å². The molecule has 0 atom stereocenters. The van der Waals surface area contributed by atoms with Crippen LogP contribution in [0.1, 0.15) is 55.4 Å². The number of carbonyl (C=O) groups excluding carboxylic acids is 3. The standard InChI is InChI=1S/3C4H8O2.C4H10O/c3*1-3-6-4(2)5;1-3-5-4-2/h3*3H2,1-2H3;3-4H2,1-2H3. The van der Waals surface area contributed by atoms with Crippen molar-refractivity contribution in [1.82, 2.24) is 0 Å². The number of hydrogen-bond acceptors (Lipinski definition) is 7. The third kappa shape index (κ3) is 78.3. The molecule has 0 saturated carbocycles. The van der Waals surface area contributed by atoms with Gasteiger partial charge in [-0.15, -0.1) is 0 Å². The van der Waals surface area contributed by atoms with Crippen LogP contribution in [0.4, 0.5) is 0 Å². The minimum atomic E-state index is -0.211. The molecule has 0 aliphatic heterocycles. The van der Waals surface area contributed by atoms with E-state index in [4.69, 9.17) is 4.74 Å². The molecule has 23 heavy (non-hydrogen) atoms. The van der Waals surface area contributed by atoms with Gasteiger partial charge in [0.15, 0.2) is 0 Å². The third-order valence-electron chi connectivity index (χ3n) is 1.45. The van der Waals surface area contributed by atoms with Crippen LogP contribution in [-0.2, 0) is 33.3 Å². The van der Waals surface area contributed by atoms with Gasteiger partial charge in [-0.2, -0.15) is 0 Å². The lowest BCUT2D eigenvalue weighted by Crippen LogP contribution is -1.95. The Bertz CT molecular complexity index is 225. The SMILES string of the molecule is CCOC(C)=O.CCOC(C)=O.CCOC(C)=O.CCOCC. The lowest BCUT2D eigenvalue weighted by molar-refractivity contribution is -0.141. The second-order valence-electron chi connectivity index (χ2n) is 3.56. The minimum absolute atomic E-state index is 0.211. The quantitative estimate of drug-likeness (QED) is 0.562. The molecule has 0 unspecified atom stereocenters. The Morgan fingerprint density at radius 3 is 0.739 bits per heavy atom. The lowest BCUT2D eigenvalue weighted by atomic mass is 10.8. The number of hydrogen-bond donors (Lipinski definition) is 0. The second-order valence-corrected chi connectivity index (χ2v) is 3.56. The van der Waals surface area contributed by atoms with Crippen LogP contribution in [0.25, 0.3) is 0 Å². The van der Waals surface area contributed by atoms with Crippen LogP contribution >= 0.6 is 0 Å². The summed E-state index contributed by atoms with van der Waals surface area (Å²) in [6, 6.07) is 0. The van der Waals surface area contributed by atoms with Gasteiger partial charge < -0.3 is 18.9 Å². The first-order valence-corrected chi connectivity index (χ1v) is 7.70. The number of esters is 3. The van der Waals surface area contributed by atoms with E-state index in [0.717, 1.165) is 13.2 Å². The molecule has 0 aliphatic rings. The molecule has 0 N–H and O–H groups in total. The smallest absolute Gasteiger partial charge is 0.302 e. The minimum Gasteiger partial charge on any atom is -0.466 e. The van der Waals surface area contributed by atoms with E-state index in [9.17, 15) is 14.4 Å². The van der Waals surface area contributed by atoms with E-state index in [0.29, 0.717) is 19.8 Å². The topological polar surface area (TPSA) is 88.1 Å². The van der Waals surface area contributed by atoms with Crippen molar-refractivity contribution in [2.24, 2.45) is 0 Å². The van der Waals surface area contributed by atoms with E-state index >= 15 is 0 Å². The molecule has 0 fully saturated rings. The summed E-state index contributed by atoms with van der Waals surface area (Å²) >= 11 is 0. The molecule has 0 aliphatic carbocycles. The Hall–Kier alpha value is -1.63. The molecule has 0 aromatic rings. The van der Waals surface area contributed by atoms with E-state index in [1.165, 1.54) is 20.8 Å². The highest BCUT2D eigenvalue weighted by atomic mass is 16.5. The van der Waals surface area contributed by atoms with Gasteiger partial charge in [0.25, 0.3) is 0 Å². The molecule has 0 spiro atoms. The van der Waals surface area contributed by atoms with Crippen LogP contribution in [0.2, 0.25) is 0 Å². The fraction of sp³-hybridized carbons (Fsp3) is 0.812. The fourth-order valence-corrected chi connectivity index (χ4v) is 0.814. The molecule has 0 heterocycles. The summed E-state index contributed by atoms with van der Waals surface area (Å²) in [6.45, 7) is 16.6. The highest BCUT2D eigenvalue weighted by molar-refractivity contribution is 5.66. The van der Waals surface area contributed by atoms with Crippen LogP contribution < -0.4 is 0 Å². The van der Waals surface area contributed by atoms with Crippen molar-refractivity contribution in [3.63, 3.8) is 0 Å². The van der Waals surface area contributed by atoms with Gasteiger partial charge in [-0.05, 0) is 34.6 Å². The molecular formula is C16H34O7. The zero-order chi connectivity index (χ0) is 19.1. The summed E-state index contributed by atoms with van der Waals surface area (Å²) in [5.41, 5.74) is 0. The Labute approximate surface area is 140 Å². The van der Waals surface area contributed by atoms with Gasteiger partial charge in [-0.1, -0.05) is 0 Å². The van der Waals surface area contributed by atoms with Gasteiger partial charge in [-0.25, -0.2) is 0 Å². The summed E-state index contributed by atoms with van der Waals surface area (Å²) in [5.74, 6) is -0.632. The van der Waals surface area contributed by atoms with Crippen molar-refractivity contribution in [3.05, 3.63) is 0 Å². The number of carbonyl (C=O) groups is 3. The molecular weight excluding hydrogens is 304 g/mol. The Kier molecular flexibility index (Phi) is 36.4. The van der Waals surface area contributed by atoms with Gasteiger partial charge in [0.1, 0.15) is 0 Å². The Morgan fingerprint density at radius 2 is 0.739 bits per heavy atom. The number of rotatable bonds is 5. The van der Waals surface area contributed by atoms with E-state index in [2.05, 4.69) is 14.2 Å². The van der Waals surface area contributed by atoms with Gasteiger partial charge in [-0.3, -0.25) is 14.4 Å². The molecule has 0 radical (unpaired) electrons. The maximum Gasteiger partial charge on any atom is 0.302 e. The zero-order valence-electron chi connectivity index (χ0n) is 15.9. The van der Waals surface area contributed by atoms with Gasteiger partial charge in [0.05, 0.1) is 19.8 Å². The van der Waals surface area contributed by atoms with Crippen molar-refractivity contribution >= 4 is 17.9 Å². The molecule has 0 rings (SSSR count). The predicted octanol–water partition coefficient (Wildman–Crippen LogP) is 2.75. The van der Waals surface area contributed by atoms with Gasteiger partial charge >= 0.3 is 17.9 Å². The van der Waals surface area contributed by atoms with Crippen molar-refractivity contribution in [3.8, 4) is 0 Å². The molecule has 7 nitrogen and oxygen atoms in total. The van der Waals surface area contributed by atoms with Crippen LogP contribution in [0.3, 0.4) is 0 Å². The van der Waals surface area contributed by atoms with E-state index in [-0.39, 0.29) is 17.9 Å². The normalized spacial score (nSPS) is 7.83. The largest absolute Gasteiger partial charge is 0.466 e. The highest BCUT2D eigenvalue weighted by Gasteiger charge is 1.82. The van der Waals surface area contributed by atoms with E-state index in [1.54, 1.807) is 20.8 Å². The Balaban J connectivity index is -0.000000105. The van der Waals surface area contributed by atoms with Gasteiger partial charge in [0.2, 0.25) is 0 Å². The van der Waals surface area contributed by atoms with E-state index in [1.807, 2.05) is 13.8 Å². The van der Waals surface area contributed by atoms with Crippen molar-refractivity contribution in [2.75, 3.05) is 33.0 Å². The summed E-state index contributed by atoms with van der Waals surface area (Å²) in [6.07, 6.45) is 0. The van der Waals surface area contributed by atoms with Crippen LogP contribution in [-0.4, -0.2) is 50.9 Å². The van der Waals surface area contributed by atoms with Crippen molar-refractivity contribution in [1.29, 1.82) is 0 Å². The van der Waals surface area contributed by atoms with Crippen molar-refractivity contribution < 1.29 is 33.3 Å². The molecule has 7 heteroatoms. The first kappa shape index (κ1) is 29.4. The highest BCUT2D eigenvalue weighted by Crippen LogP contribution is 1.70. The molecule has 0 aromatic heterocycles. The molecule has 0 amide bonds. The maximum atomic E-state index is 9.82. The monoisotopic (exact) mass is 338 g/mol. The van der Waals surface area contributed by atoms with Crippen LogP contribution in [0, 0.1) is 0 Å². The zero-order valence-corrected chi connectivity index (χ0v) is 15.9. The van der Waals surface area contributed by atoms with Gasteiger partial charge in [0, 0.05) is 34.0 Å². The fourth-order valence-electron chi connectivity index (χ4n) is 0.814. The molecule has 0 bridgehead atoms. The first-order chi connectivity index (χ1) is 10.7. The maximum absolute atomic E-state index is 9.82. The molecule has 0 aromatic carbocycles. The first-order valence-electron chi connectivity index (χ1n) is 7.70. The summed E-state index contributed by atoms with van der Waals surface area (Å²) < 4.78 is 18.0. The summed E-state index contributed by atoms with van der Waals surface area (Å²) in [7, 11) is 0. The average Bonchev–Trinajstić information content (AvgIpc) is 2.41. The second kappa shape index (κ2) is 28.5.